The van der Waals surface area contributed by atoms with E-state index in [4.69, 9.17) is 4.74 Å². The largest absolute Gasteiger partial charge is 0.478 e. The second kappa shape index (κ2) is 4.53. The first kappa shape index (κ1) is 12.5. The van der Waals surface area contributed by atoms with Gasteiger partial charge in [-0.05, 0) is 31.4 Å². The fourth-order valence-electron chi connectivity index (χ4n) is 3.25. The summed E-state index contributed by atoms with van der Waals surface area (Å²) < 4.78 is 5.41. The number of nitrogens with zero attached hydrogens (tertiary/aromatic N) is 1. The summed E-state index contributed by atoms with van der Waals surface area (Å²) in [4.78, 5) is 13.6. The van der Waals surface area contributed by atoms with Gasteiger partial charge in [0, 0.05) is 31.7 Å². The smallest absolute Gasteiger partial charge is 0.338 e. The number of anilines is 1. The van der Waals surface area contributed by atoms with E-state index < -0.39 is 5.97 Å². The van der Waals surface area contributed by atoms with E-state index in [1.54, 1.807) is 0 Å². The first-order chi connectivity index (χ1) is 9.11. The second-order valence-corrected chi connectivity index (χ2v) is 5.74. The number of carboxylic acids is 1. The molecule has 0 unspecified atom stereocenters. The lowest BCUT2D eigenvalue weighted by molar-refractivity contribution is -0.000303. The molecule has 4 heteroatoms. The molecule has 2 aliphatic rings. The minimum absolute atomic E-state index is 0.359. The molecule has 0 bridgehead atoms. The fourth-order valence-corrected chi connectivity index (χ4v) is 3.25. The Hall–Kier alpha value is -1.55. The number of carbonyl (C=O) groups is 1. The van der Waals surface area contributed by atoms with E-state index in [0.717, 1.165) is 50.4 Å². The van der Waals surface area contributed by atoms with Gasteiger partial charge in [0.2, 0.25) is 0 Å². The molecule has 3 rings (SSSR count). The third-order valence-corrected chi connectivity index (χ3v) is 4.41. The van der Waals surface area contributed by atoms with Crippen molar-refractivity contribution < 1.29 is 14.6 Å². The standard InChI is InChI=1S/C15H19NO3/c1-11-3-2-4-12(13(11)14(17)18)16-9-15(10-16)5-7-19-8-6-15/h2-4H,5-10H2,1H3,(H,17,18). The molecule has 0 radical (unpaired) electrons. The minimum atomic E-state index is -0.832. The highest BCUT2D eigenvalue weighted by Gasteiger charge is 2.44. The van der Waals surface area contributed by atoms with E-state index in [1.807, 2.05) is 25.1 Å². The Bertz CT molecular complexity index is 498. The summed E-state index contributed by atoms with van der Waals surface area (Å²) in [6.45, 7) is 5.46. The van der Waals surface area contributed by atoms with Gasteiger partial charge in [-0.15, -0.1) is 0 Å². The van der Waals surface area contributed by atoms with Crippen molar-refractivity contribution >= 4 is 11.7 Å². The Balaban J connectivity index is 1.82. The molecule has 1 N–H and O–H groups in total. The van der Waals surface area contributed by atoms with Crippen molar-refractivity contribution in [3.8, 4) is 0 Å². The van der Waals surface area contributed by atoms with Gasteiger partial charge in [0.1, 0.15) is 0 Å². The van der Waals surface area contributed by atoms with Crippen LogP contribution in [0.4, 0.5) is 5.69 Å². The molecular formula is C15H19NO3. The maximum Gasteiger partial charge on any atom is 0.338 e. The van der Waals surface area contributed by atoms with E-state index in [0.29, 0.717) is 11.0 Å². The fraction of sp³-hybridized carbons (Fsp3) is 0.533. The summed E-state index contributed by atoms with van der Waals surface area (Å²) in [6, 6.07) is 5.71. The lowest BCUT2D eigenvalue weighted by atomic mass is 9.73. The van der Waals surface area contributed by atoms with Gasteiger partial charge in [-0.1, -0.05) is 12.1 Å². The van der Waals surface area contributed by atoms with Crippen molar-refractivity contribution in [2.24, 2.45) is 5.41 Å². The zero-order chi connectivity index (χ0) is 13.5. The predicted octanol–water partition coefficient (Wildman–Crippen LogP) is 2.31. The van der Waals surface area contributed by atoms with E-state index in [9.17, 15) is 9.90 Å². The van der Waals surface area contributed by atoms with Gasteiger partial charge in [-0.2, -0.15) is 0 Å². The maximum absolute atomic E-state index is 11.4. The van der Waals surface area contributed by atoms with Crippen LogP contribution >= 0.6 is 0 Å². The molecule has 2 heterocycles. The molecule has 0 atom stereocenters. The topological polar surface area (TPSA) is 49.8 Å². The minimum Gasteiger partial charge on any atom is -0.478 e. The summed E-state index contributed by atoms with van der Waals surface area (Å²) in [5, 5.41) is 9.37. The molecule has 102 valence electrons. The quantitative estimate of drug-likeness (QED) is 0.887. The third-order valence-electron chi connectivity index (χ3n) is 4.41. The summed E-state index contributed by atoms with van der Waals surface area (Å²) >= 11 is 0. The highest BCUT2D eigenvalue weighted by atomic mass is 16.5. The van der Waals surface area contributed by atoms with Crippen LogP contribution in [-0.4, -0.2) is 37.4 Å². The van der Waals surface area contributed by atoms with Crippen molar-refractivity contribution in [1.29, 1.82) is 0 Å². The number of ether oxygens (including phenoxy) is 1. The van der Waals surface area contributed by atoms with E-state index >= 15 is 0 Å². The van der Waals surface area contributed by atoms with Gasteiger partial charge in [0.15, 0.2) is 0 Å². The average molecular weight is 261 g/mol. The highest BCUT2D eigenvalue weighted by molar-refractivity contribution is 5.96. The maximum atomic E-state index is 11.4. The van der Waals surface area contributed by atoms with Crippen molar-refractivity contribution in [3.63, 3.8) is 0 Å². The number of hydrogen-bond donors (Lipinski definition) is 1. The Morgan fingerprint density at radius 1 is 1.32 bits per heavy atom. The highest BCUT2D eigenvalue weighted by Crippen LogP contribution is 2.43. The molecule has 19 heavy (non-hydrogen) atoms. The Kier molecular flexibility index (Phi) is 2.97. The first-order valence-electron chi connectivity index (χ1n) is 6.77. The summed E-state index contributed by atoms with van der Waals surface area (Å²) in [5.74, 6) is -0.832. The monoisotopic (exact) mass is 261 g/mol. The van der Waals surface area contributed by atoms with Gasteiger partial charge in [-0.3, -0.25) is 0 Å². The zero-order valence-electron chi connectivity index (χ0n) is 11.2. The third kappa shape index (κ3) is 2.10. The van der Waals surface area contributed by atoms with Crippen LogP contribution in [-0.2, 0) is 4.74 Å². The first-order valence-corrected chi connectivity index (χ1v) is 6.77. The average Bonchev–Trinajstić information content (AvgIpc) is 2.36. The Morgan fingerprint density at radius 3 is 2.63 bits per heavy atom. The lowest BCUT2D eigenvalue weighted by Gasteiger charge is -2.53. The summed E-state index contributed by atoms with van der Waals surface area (Å²) in [5.41, 5.74) is 2.50. The van der Waals surface area contributed by atoms with Crippen LogP contribution in [0.5, 0.6) is 0 Å². The molecule has 0 aromatic heterocycles. The molecule has 2 aliphatic heterocycles. The second-order valence-electron chi connectivity index (χ2n) is 5.74. The normalized spacial score (nSPS) is 21.2. The Labute approximate surface area is 113 Å². The molecule has 1 spiro atoms. The van der Waals surface area contributed by atoms with Gasteiger partial charge < -0.3 is 14.7 Å². The van der Waals surface area contributed by atoms with Crippen LogP contribution in [0.25, 0.3) is 0 Å². The van der Waals surface area contributed by atoms with Crippen LogP contribution in [0.3, 0.4) is 0 Å². The van der Waals surface area contributed by atoms with Crippen LogP contribution in [0, 0.1) is 12.3 Å². The van der Waals surface area contributed by atoms with Gasteiger partial charge >= 0.3 is 5.97 Å². The number of aryl methyl sites for hydroxylation is 1. The summed E-state index contributed by atoms with van der Waals surface area (Å²) in [6.07, 6.45) is 2.19. The molecule has 1 aromatic rings. The van der Waals surface area contributed by atoms with Gasteiger partial charge in [0.25, 0.3) is 0 Å². The number of rotatable bonds is 2. The molecule has 0 saturated carbocycles. The number of benzene rings is 1. The molecule has 2 saturated heterocycles. The van der Waals surface area contributed by atoms with Gasteiger partial charge in [0.05, 0.1) is 11.3 Å². The molecule has 0 aliphatic carbocycles. The number of carboxylic acid groups (broad SMARTS) is 1. The van der Waals surface area contributed by atoms with Crippen LogP contribution < -0.4 is 4.90 Å². The predicted molar refractivity (Wildman–Crippen MR) is 72.8 cm³/mol. The van der Waals surface area contributed by atoms with E-state index in [1.165, 1.54) is 0 Å². The van der Waals surface area contributed by atoms with Crippen LogP contribution in [0.15, 0.2) is 18.2 Å². The van der Waals surface area contributed by atoms with Crippen molar-refractivity contribution in [1.82, 2.24) is 0 Å². The van der Waals surface area contributed by atoms with Crippen molar-refractivity contribution in [3.05, 3.63) is 29.3 Å². The van der Waals surface area contributed by atoms with Crippen molar-refractivity contribution in [2.45, 2.75) is 19.8 Å². The van der Waals surface area contributed by atoms with Crippen LogP contribution in [0.2, 0.25) is 0 Å². The lowest BCUT2D eigenvalue weighted by Crippen LogP contribution is -2.59. The van der Waals surface area contributed by atoms with E-state index in [2.05, 4.69) is 4.90 Å². The molecule has 2 fully saturated rings. The van der Waals surface area contributed by atoms with E-state index in [-0.39, 0.29) is 0 Å². The summed E-state index contributed by atoms with van der Waals surface area (Å²) in [7, 11) is 0. The van der Waals surface area contributed by atoms with Crippen molar-refractivity contribution in [2.75, 3.05) is 31.2 Å². The van der Waals surface area contributed by atoms with Gasteiger partial charge in [-0.25, -0.2) is 4.79 Å². The molecule has 0 amide bonds. The Morgan fingerprint density at radius 2 is 2.00 bits per heavy atom. The number of hydrogen-bond acceptors (Lipinski definition) is 3. The molecule has 4 nitrogen and oxygen atoms in total. The molecular weight excluding hydrogens is 242 g/mol. The zero-order valence-corrected chi connectivity index (χ0v) is 11.2. The van der Waals surface area contributed by atoms with Crippen LogP contribution in [0.1, 0.15) is 28.8 Å². The number of aromatic carboxylic acids is 1. The molecule has 1 aromatic carbocycles. The SMILES string of the molecule is Cc1cccc(N2CC3(CCOCC3)C2)c1C(=O)O.